The number of benzene rings is 3. The number of carbonyl (C=O) groups is 1. The zero-order valence-corrected chi connectivity index (χ0v) is 18.6. The zero-order valence-electron chi connectivity index (χ0n) is 17.9. The van der Waals surface area contributed by atoms with Crippen molar-refractivity contribution in [3.63, 3.8) is 0 Å². The third-order valence-electron chi connectivity index (χ3n) is 6.10. The van der Waals surface area contributed by atoms with Gasteiger partial charge in [-0.2, -0.15) is 5.26 Å². The lowest BCUT2D eigenvalue weighted by Crippen LogP contribution is -2.39. The lowest BCUT2D eigenvalue weighted by Gasteiger charge is -2.34. The lowest BCUT2D eigenvalue weighted by molar-refractivity contribution is -0.147. The fourth-order valence-corrected chi connectivity index (χ4v) is 4.81. The molecule has 0 bridgehead atoms. The van der Waals surface area contributed by atoms with Crippen LogP contribution in [0.4, 0.5) is 0 Å². The van der Waals surface area contributed by atoms with Crippen LogP contribution in [0.25, 0.3) is 0 Å². The molecule has 4 rings (SSSR count). The van der Waals surface area contributed by atoms with E-state index in [1.807, 2.05) is 72.8 Å². The molecule has 0 N–H and O–H groups in total. The topological polar surface area (TPSA) is 59.3 Å². The summed E-state index contributed by atoms with van der Waals surface area (Å²) in [6.45, 7) is 2.45. The first kappa shape index (κ1) is 21.9. The molecule has 5 heteroatoms. The number of hydrogen-bond donors (Lipinski definition) is 0. The molecule has 0 saturated carbocycles. The molecule has 0 heterocycles. The van der Waals surface area contributed by atoms with Gasteiger partial charge in [0.1, 0.15) is 12.4 Å². The summed E-state index contributed by atoms with van der Waals surface area (Å²) in [6.07, 6.45) is 1.36. The van der Waals surface area contributed by atoms with E-state index in [1.165, 1.54) is 0 Å². The van der Waals surface area contributed by atoms with Gasteiger partial charge in [-0.15, -0.1) is 0 Å². The molecule has 2 unspecified atom stereocenters. The SMILES string of the molecule is CCOC(=O)C(C#N)C1(c2ccc(OCc3ccccc3)cc2)CCc2cc(Cl)ccc21. The average Bonchev–Trinajstić information content (AvgIpc) is 3.18. The Morgan fingerprint density at radius 1 is 1.12 bits per heavy atom. The van der Waals surface area contributed by atoms with Crippen LogP contribution in [0.2, 0.25) is 5.02 Å². The van der Waals surface area contributed by atoms with Crippen LogP contribution in [-0.2, 0) is 28.0 Å². The summed E-state index contributed by atoms with van der Waals surface area (Å²) in [7, 11) is 0. The molecule has 162 valence electrons. The minimum absolute atomic E-state index is 0.229. The van der Waals surface area contributed by atoms with Crippen molar-refractivity contribution in [3.05, 3.63) is 100 Å². The molecule has 3 aromatic rings. The van der Waals surface area contributed by atoms with E-state index in [4.69, 9.17) is 21.1 Å². The summed E-state index contributed by atoms with van der Waals surface area (Å²) in [5.41, 5.74) is 3.21. The highest BCUT2D eigenvalue weighted by Crippen LogP contribution is 2.50. The Hall–Kier alpha value is -3.29. The van der Waals surface area contributed by atoms with Crippen molar-refractivity contribution in [2.24, 2.45) is 5.92 Å². The van der Waals surface area contributed by atoms with Gasteiger partial charge in [0, 0.05) is 10.4 Å². The van der Waals surface area contributed by atoms with Gasteiger partial charge in [-0.3, -0.25) is 4.79 Å². The number of ether oxygens (including phenoxy) is 2. The van der Waals surface area contributed by atoms with Crippen LogP contribution in [0.5, 0.6) is 5.75 Å². The Morgan fingerprint density at radius 3 is 2.56 bits per heavy atom. The summed E-state index contributed by atoms with van der Waals surface area (Å²) in [6, 6.07) is 25.6. The van der Waals surface area contributed by atoms with E-state index >= 15 is 0 Å². The maximum Gasteiger partial charge on any atom is 0.324 e. The number of halogens is 1. The van der Waals surface area contributed by atoms with Crippen LogP contribution in [0.3, 0.4) is 0 Å². The molecule has 0 aromatic heterocycles. The van der Waals surface area contributed by atoms with Crippen LogP contribution in [-0.4, -0.2) is 12.6 Å². The average molecular weight is 446 g/mol. The van der Waals surface area contributed by atoms with E-state index in [1.54, 1.807) is 6.92 Å². The molecule has 3 aromatic carbocycles. The molecule has 1 aliphatic carbocycles. The molecule has 0 aliphatic heterocycles. The van der Waals surface area contributed by atoms with E-state index in [9.17, 15) is 10.1 Å². The van der Waals surface area contributed by atoms with Crippen LogP contribution < -0.4 is 4.74 Å². The van der Waals surface area contributed by atoms with Crippen LogP contribution in [0.1, 0.15) is 35.6 Å². The quantitative estimate of drug-likeness (QED) is 0.428. The van der Waals surface area contributed by atoms with Gasteiger partial charge in [0.05, 0.1) is 12.7 Å². The van der Waals surface area contributed by atoms with Crippen LogP contribution in [0, 0.1) is 17.2 Å². The fourth-order valence-electron chi connectivity index (χ4n) is 4.62. The molecule has 0 amide bonds. The van der Waals surface area contributed by atoms with Gasteiger partial charge in [-0.1, -0.05) is 60.1 Å². The molecule has 4 nitrogen and oxygen atoms in total. The highest BCUT2D eigenvalue weighted by atomic mass is 35.5. The van der Waals surface area contributed by atoms with Crippen molar-refractivity contribution < 1.29 is 14.3 Å². The Kier molecular flexibility index (Phi) is 6.48. The van der Waals surface area contributed by atoms with Gasteiger partial charge >= 0.3 is 5.97 Å². The Morgan fingerprint density at radius 2 is 1.88 bits per heavy atom. The number of rotatable bonds is 7. The second-order valence-electron chi connectivity index (χ2n) is 7.89. The van der Waals surface area contributed by atoms with Crippen molar-refractivity contribution in [3.8, 4) is 11.8 Å². The molecule has 1 aliphatic rings. The number of esters is 1. The number of aryl methyl sites for hydroxylation is 1. The van der Waals surface area contributed by atoms with Gasteiger partial charge in [-0.25, -0.2) is 0 Å². The van der Waals surface area contributed by atoms with Crippen LogP contribution in [0.15, 0.2) is 72.8 Å². The van der Waals surface area contributed by atoms with Crippen molar-refractivity contribution in [2.45, 2.75) is 31.8 Å². The second kappa shape index (κ2) is 9.46. The van der Waals surface area contributed by atoms with Gasteiger partial charge < -0.3 is 9.47 Å². The molecule has 0 radical (unpaired) electrons. The van der Waals surface area contributed by atoms with E-state index in [-0.39, 0.29) is 6.61 Å². The van der Waals surface area contributed by atoms with Gasteiger partial charge in [0.15, 0.2) is 5.92 Å². The summed E-state index contributed by atoms with van der Waals surface area (Å²) >= 11 is 6.22. The Balaban J connectivity index is 1.70. The number of hydrogen-bond acceptors (Lipinski definition) is 4. The molecule has 2 atom stereocenters. The maximum atomic E-state index is 12.8. The van der Waals surface area contributed by atoms with Gasteiger partial charge in [0.2, 0.25) is 0 Å². The minimum Gasteiger partial charge on any atom is -0.489 e. The van der Waals surface area contributed by atoms with Gasteiger partial charge in [-0.05, 0) is 66.3 Å². The van der Waals surface area contributed by atoms with Crippen LogP contribution >= 0.6 is 11.6 Å². The second-order valence-corrected chi connectivity index (χ2v) is 8.32. The van der Waals surface area contributed by atoms with Crippen molar-refractivity contribution in [1.82, 2.24) is 0 Å². The first-order chi connectivity index (χ1) is 15.6. The highest BCUT2D eigenvalue weighted by Gasteiger charge is 2.50. The first-order valence-electron chi connectivity index (χ1n) is 10.7. The zero-order chi connectivity index (χ0) is 22.6. The summed E-state index contributed by atoms with van der Waals surface area (Å²) in [5, 5.41) is 10.7. The first-order valence-corrected chi connectivity index (χ1v) is 11.1. The van der Waals surface area contributed by atoms with Crippen molar-refractivity contribution in [2.75, 3.05) is 6.61 Å². The fraction of sp³-hybridized carbons (Fsp3) is 0.259. The van der Waals surface area contributed by atoms with E-state index in [0.29, 0.717) is 18.1 Å². The van der Waals surface area contributed by atoms with E-state index < -0.39 is 17.3 Å². The highest BCUT2D eigenvalue weighted by molar-refractivity contribution is 6.30. The molecule has 32 heavy (non-hydrogen) atoms. The molecular weight excluding hydrogens is 422 g/mol. The Labute approximate surface area is 193 Å². The third kappa shape index (κ3) is 4.09. The Bertz CT molecular complexity index is 1140. The maximum absolute atomic E-state index is 12.8. The monoisotopic (exact) mass is 445 g/mol. The predicted molar refractivity (Wildman–Crippen MR) is 124 cm³/mol. The number of nitriles is 1. The van der Waals surface area contributed by atoms with Crippen molar-refractivity contribution >= 4 is 17.6 Å². The lowest BCUT2D eigenvalue weighted by atomic mass is 9.67. The number of nitrogens with zero attached hydrogens (tertiary/aromatic N) is 1. The minimum atomic E-state index is -0.957. The predicted octanol–water partition coefficient (Wildman–Crippen LogP) is 5.85. The van der Waals surface area contributed by atoms with E-state index in [0.717, 1.165) is 34.4 Å². The summed E-state index contributed by atoms with van der Waals surface area (Å²) in [5.74, 6) is -0.727. The molecule has 0 spiro atoms. The largest absolute Gasteiger partial charge is 0.489 e. The summed E-state index contributed by atoms with van der Waals surface area (Å²) < 4.78 is 11.2. The smallest absolute Gasteiger partial charge is 0.324 e. The molecule has 0 saturated heterocycles. The third-order valence-corrected chi connectivity index (χ3v) is 6.33. The standard InChI is InChI=1S/C27H24ClNO3/c1-2-31-26(30)25(17-29)27(15-14-20-16-22(28)10-13-24(20)27)21-8-11-23(12-9-21)32-18-19-6-4-3-5-7-19/h3-13,16,25H,2,14-15,18H2,1H3. The van der Waals surface area contributed by atoms with E-state index in [2.05, 4.69) is 6.07 Å². The molecule has 0 fully saturated rings. The normalized spacial score (nSPS) is 17.8. The van der Waals surface area contributed by atoms with Gasteiger partial charge in [0.25, 0.3) is 0 Å². The number of fused-ring (bicyclic) bond motifs is 1. The molecular formula is C27H24ClNO3. The summed E-state index contributed by atoms with van der Waals surface area (Å²) in [4.78, 5) is 12.8. The van der Waals surface area contributed by atoms with Crippen molar-refractivity contribution in [1.29, 1.82) is 5.26 Å². The number of carbonyl (C=O) groups excluding carboxylic acids is 1.